The molecule has 62 valence electrons. The van der Waals surface area contributed by atoms with Gasteiger partial charge in [0.05, 0.1) is 9.20 Å². The van der Waals surface area contributed by atoms with Crippen molar-refractivity contribution < 1.29 is 0 Å². The molecule has 0 aliphatic carbocycles. The summed E-state index contributed by atoms with van der Waals surface area (Å²) in [6.45, 7) is 7.23. The summed E-state index contributed by atoms with van der Waals surface area (Å²) in [7, 11) is 0.406. The summed E-state index contributed by atoms with van der Waals surface area (Å²) in [5.41, 5.74) is 0. The second kappa shape index (κ2) is 7.98. The van der Waals surface area contributed by atoms with E-state index in [1.165, 1.54) is 25.9 Å². The molecule has 0 spiro atoms. The van der Waals surface area contributed by atoms with Crippen LogP contribution in [0.2, 0.25) is 0 Å². The molecule has 0 rings (SSSR count). The normalized spacial score (nSPS) is 13.2. The molecule has 0 atom stereocenters. The Kier molecular flexibility index (Phi) is 8.67. The van der Waals surface area contributed by atoms with Gasteiger partial charge in [-0.3, -0.25) is 0 Å². The van der Waals surface area contributed by atoms with Crippen LogP contribution >= 0.6 is 15.3 Å². The largest absolute Gasteiger partial charge is 0.331 e. The molecule has 0 saturated heterocycles. The van der Waals surface area contributed by atoms with Crippen molar-refractivity contribution in [3.63, 3.8) is 0 Å². The van der Waals surface area contributed by atoms with Crippen molar-refractivity contribution in [1.29, 1.82) is 0 Å². The third-order valence-corrected chi connectivity index (χ3v) is 8.51. The first-order valence-electron chi connectivity index (χ1n) is 4.13. The molecule has 0 aliphatic heterocycles. The lowest BCUT2D eigenvalue weighted by atomic mass is 10.4. The lowest BCUT2D eigenvalue weighted by Crippen LogP contribution is -2.31. The minimum Gasteiger partial charge on any atom is -0.331 e. The highest BCUT2D eigenvalue weighted by Gasteiger charge is 1.99. The van der Waals surface area contributed by atoms with E-state index in [1.807, 2.05) is 0 Å². The Balaban J connectivity index is 3.30. The smallest absolute Gasteiger partial charge is 0.102 e. The molecule has 0 heterocycles. The maximum atomic E-state index is 3.65. The van der Waals surface area contributed by atoms with E-state index in [4.69, 9.17) is 0 Å². The molecule has 0 aromatic carbocycles. The average Bonchev–Trinajstić information content (AvgIpc) is 1.90. The summed E-state index contributed by atoms with van der Waals surface area (Å²) in [4.78, 5) is 0. The van der Waals surface area contributed by atoms with E-state index in [1.54, 1.807) is 0 Å². The molecule has 0 bridgehead atoms. The van der Waals surface area contributed by atoms with Gasteiger partial charge in [0.1, 0.15) is 7.66 Å². The molecular weight excluding hydrogens is 222 g/mol. The van der Waals surface area contributed by atoms with Crippen molar-refractivity contribution in [3.05, 3.63) is 0 Å². The minimum absolute atomic E-state index is 0.203. The van der Waals surface area contributed by atoms with Crippen molar-refractivity contribution in [2.75, 3.05) is 13.1 Å². The SMILES string of the molecule is CCCN(CCC)[SiH2][SiH2]Br. The third-order valence-electron chi connectivity index (χ3n) is 1.48. The fraction of sp³-hybridized carbons (Fsp3) is 1.00. The van der Waals surface area contributed by atoms with Crippen LogP contribution in [-0.2, 0) is 0 Å². The van der Waals surface area contributed by atoms with Crippen molar-refractivity contribution >= 4 is 32.1 Å². The van der Waals surface area contributed by atoms with Gasteiger partial charge >= 0.3 is 0 Å². The van der Waals surface area contributed by atoms with Gasteiger partial charge in [0.15, 0.2) is 0 Å². The monoisotopic (exact) mass is 239 g/mol. The Labute approximate surface area is 76.7 Å². The highest BCUT2D eigenvalue weighted by atomic mass is 79.9. The van der Waals surface area contributed by atoms with Crippen LogP contribution in [-0.4, -0.2) is 34.5 Å². The van der Waals surface area contributed by atoms with Crippen LogP contribution in [0.25, 0.3) is 0 Å². The zero-order valence-corrected chi connectivity index (χ0v) is 11.5. The Morgan fingerprint density at radius 3 is 2.00 bits per heavy atom. The van der Waals surface area contributed by atoms with Gasteiger partial charge in [-0.2, -0.15) is 0 Å². The summed E-state index contributed by atoms with van der Waals surface area (Å²) in [5.74, 6) is 0. The fourth-order valence-corrected chi connectivity index (χ4v) is 8.98. The molecule has 0 aliphatic rings. The molecule has 0 aromatic rings. The quantitative estimate of drug-likeness (QED) is 0.485. The number of rotatable bonds is 6. The Bertz CT molecular complexity index is 58.5. The van der Waals surface area contributed by atoms with E-state index in [2.05, 4.69) is 33.7 Å². The van der Waals surface area contributed by atoms with Gasteiger partial charge in [-0.25, -0.2) is 0 Å². The first-order chi connectivity index (χ1) is 4.85. The van der Waals surface area contributed by atoms with Crippen molar-refractivity contribution in [3.8, 4) is 0 Å². The number of nitrogens with zero attached hydrogens (tertiary/aromatic N) is 1. The van der Waals surface area contributed by atoms with Crippen LogP contribution in [0.15, 0.2) is 0 Å². The average molecular weight is 240 g/mol. The second-order valence-electron chi connectivity index (χ2n) is 2.53. The molecule has 0 radical (unpaired) electrons. The summed E-state index contributed by atoms with van der Waals surface area (Å²) >= 11 is 3.65. The summed E-state index contributed by atoms with van der Waals surface area (Å²) in [5, 5.41) is 0. The van der Waals surface area contributed by atoms with Crippen molar-refractivity contribution in [2.24, 2.45) is 0 Å². The standard InChI is InChI=1S/C6H18BrNSi2/c1-3-5-8(6-4-2)10-9-7/h3-6,9-10H2,1-2H3. The maximum Gasteiger partial charge on any atom is 0.102 e. The van der Waals surface area contributed by atoms with Crippen molar-refractivity contribution in [1.82, 2.24) is 4.57 Å². The molecule has 1 nitrogen and oxygen atoms in total. The number of halogens is 1. The maximum absolute atomic E-state index is 3.65. The zero-order chi connectivity index (χ0) is 7.82. The van der Waals surface area contributed by atoms with E-state index in [-0.39, 0.29) is 16.9 Å². The fourth-order valence-electron chi connectivity index (χ4n) is 1.09. The Morgan fingerprint density at radius 1 is 1.20 bits per heavy atom. The van der Waals surface area contributed by atoms with Crippen LogP contribution in [0.5, 0.6) is 0 Å². The third kappa shape index (κ3) is 5.64. The predicted octanol–water partition coefficient (Wildman–Crippen LogP) is 0.586. The van der Waals surface area contributed by atoms with Crippen molar-refractivity contribution in [2.45, 2.75) is 26.7 Å². The van der Waals surface area contributed by atoms with Crippen LogP contribution in [0.4, 0.5) is 0 Å². The van der Waals surface area contributed by atoms with E-state index in [9.17, 15) is 0 Å². The molecular formula is C6H18BrNSi2. The molecule has 0 amide bonds. The highest BCUT2D eigenvalue weighted by molar-refractivity contribution is 9.24. The van der Waals surface area contributed by atoms with Crippen LogP contribution < -0.4 is 0 Å². The Hall–Kier alpha value is 0.874. The zero-order valence-electron chi connectivity index (χ0n) is 7.07. The molecule has 10 heavy (non-hydrogen) atoms. The van der Waals surface area contributed by atoms with Crippen LogP contribution in [0, 0.1) is 0 Å². The minimum atomic E-state index is 0.203. The van der Waals surface area contributed by atoms with Crippen LogP contribution in [0.1, 0.15) is 26.7 Å². The predicted molar refractivity (Wildman–Crippen MR) is 58.2 cm³/mol. The molecule has 0 N–H and O–H groups in total. The number of hydrogen-bond donors (Lipinski definition) is 0. The van der Waals surface area contributed by atoms with E-state index >= 15 is 0 Å². The summed E-state index contributed by atoms with van der Waals surface area (Å²) < 4.78 is 2.70. The van der Waals surface area contributed by atoms with Gasteiger partial charge in [-0.1, -0.05) is 13.8 Å². The number of hydrogen-bond acceptors (Lipinski definition) is 1. The molecule has 0 saturated carbocycles. The summed E-state index contributed by atoms with van der Waals surface area (Å²) in [6, 6.07) is 0. The van der Waals surface area contributed by atoms with Gasteiger partial charge in [0.25, 0.3) is 0 Å². The van der Waals surface area contributed by atoms with Crippen LogP contribution in [0.3, 0.4) is 0 Å². The molecule has 0 aromatic heterocycles. The molecule has 0 unspecified atom stereocenters. The van der Waals surface area contributed by atoms with E-state index in [0.717, 1.165) is 0 Å². The van der Waals surface area contributed by atoms with Gasteiger partial charge in [0.2, 0.25) is 0 Å². The highest BCUT2D eigenvalue weighted by Crippen LogP contribution is 1.91. The van der Waals surface area contributed by atoms with Gasteiger partial charge in [0, 0.05) is 0 Å². The summed E-state index contributed by atoms with van der Waals surface area (Å²) in [6.07, 6.45) is 2.66. The van der Waals surface area contributed by atoms with Gasteiger partial charge in [-0.15, -0.1) is 15.3 Å². The first-order valence-corrected chi connectivity index (χ1v) is 12.7. The first kappa shape index (κ1) is 10.9. The second-order valence-corrected chi connectivity index (χ2v) is 13.9. The lowest BCUT2D eigenvalue weighted by Gasteiger charge is -2.18. The van der Waals surface area contributed by atoms with E-state index in [0.29, 0.717) is 0 Å². The lowest BCUT2D eigenvalue weighted by molar-refractivity contribution is 0.447. The molecule has 4 heteroatoms. The van der Waals surface area contributed by atoms with Gasteiger partial charge in [-0.05, 0) is 25.9 Å². The van der Waals surface area contributed by atoms with E-state index < -0.39 is 0 Å². The van der Waals surface area contributed by atoms with Gasteiger partial charge < -0.3 is 4.57 Å². The molecule has 0 fully saturated rings. The Morgan fingerprint density at radius 2 is 1.70 bits per heavy atom. The topological polar surface area (TPSA) is 3.24 Å².